The number of nitrogen functional groups attached to an aromatic ring is 1. The summed E-state index contributed by atoms with van der Waals surface area (Å²) in [6, 6.07) is 11.4. The maximum atomic E-state index is 9.95. The van der Waals surface area contributed by atoms with E-state index in [1.165, 1.54) is 6.07 Å². The van der Waals surface area contributed by atoms with Crippen molar-refractivity contribution in [2.75, 3.05) is 24.2 Å². The Bertz CT molecular complexity index is 577. The van der Waals surface area contributed by atoms with Crippen LogP contribution in [-0.2, 0) is 4.74 Å². The third-order valence-electron chi connectivity index (χ3n) is 3.04. The van der Waals surface area contributed by atoms with Gasteiger partial charge < -0.3 is 20.9 Å². The predicted octanol–water partition coefficient (Wildman–Crippen LogP) is 2.26. The topological polar surface area (TPSA) is 93.3 Å². The van der Waals surface area contributed by atoms with E-state index in [-0.39, 0.29) is 30.4 Å². The van der Waals surface area contributed by atoms with Crippen LogP contribution in [-0.4, -0.2) is 34.3 Å². The van der Waals surface area contributed by atoms with Gasteiger partial charge in [0.1, 0.15) is 11.0 Å². The van der Waals surface area contributed by atoms with E-state index in [0.29, 0.717) is 5.82 Å². The lowest BCUT2D eigenvalue weighted by Crippen LogP contribution is -2.26. The molecule has 2 rings (SSSR count). The van der Waals surface area contributed by atoms with Crippen LogP contribution in [0.15, 0.2) is 36.4 Å². The minimum absolute atomic E-state index is 0.0819. The minimum atomic E-state index is -0.680. The van der Waals surface area contributed by atoms with Gasteiger partial charge in [-0.1, -0.05) is 41.9 Å². The minimum Gasteiger partial charge on any atom is -0.389 e. The normalized spacial score (nSPS) is 13.6. The highest BCUT2D eigenvalue weighted by Gasteiger charge is 2.10. The second-order valence-electron chi connectivity index (χ2n) is 4.86. The smallest absolute Gasteiger partial charge is 0.223 e. The lowest BCUT2D eigenvalue weighted by molar-refractivity contribution is 0.00241. The van der Waals surface area contributed by atoms with Crippen LogP contribution in [0.2, 0.25) is 5.15 Å². The van der Waals surface area contributed by atoms with Crippen molar-refractivity contribution in [1.29, 1.82) is 0 Å². The van der Waals surface area contributed by atoms with Crippen molar-refractivity contribution < 1.29 is 9.84 Å². The Morgan fingerprint density at radius 1 is 1.32 bits per heavy atom. The fourth-order valence-electron chi connectivity index (χ4n) is 1.88. The Morgan fingerprint density at radius 3 is 2.73 bits per heavy atom. The summed E-state index contributed by atoms with van der Waals surface area (Å²) in [4.78, 5) is 7.73. The molecule has 1 heterocycles. The number of rotatable bonds is 7. The van der Waals surface area contributed by atoms with Gasteiger partial charge in [0.05, 0.1) is 18.8 Å². The summed E-state index contributed by atoms with van der Waals surface area (Å²) in [5.74, 6) is 0.547. The highest BCUT2D eigenvalue weighted by molar-refractivity contribution is 6.29. The van der Waals surface area contributed by atoms with Crippen molar-refractivity contribution in [2.24, 2.45) is 0 Å². The maximum Gasteiger partial charge on any atom is 0.223 e. The van der Waals surface area contributed by atoms with Crippen molar-refractivity contribution in [1.82, 2.24) is 9.97 Å². The molecular formula is C15H19ClN4O2. The fraction of sp³-hybridized carbons (Fsp3) is 0.333. The molecule has 0 aliphatic rings. The van der Waals surface area contributed by atoms with Crippen molar-refractivity contribution in [2.45, 2.75) is 19.1 Å². The van der Waals surface area contributed by atoms with E-state index in [0.717, 1.165) is 5.56 Å². The van der Waals surface area contributed by atoms with Gasteiger partial charge in [-0.15, -0.1) is 0 Å². The van der Waals surface area contributed by atoms with E-state index in [4.69, 9.17) is 22.1 Å². The predicted molar refractivity (Wildman–Crippen MR) is 86.8 cm³/mol. The Labute approximate surface area is 134 Å². The Kier molecular flexibility index (Phi) is 5.94. The standard InChI is InChI=1S/C15H19ClN4O2/c1-10(11-5-3-2-4-6-11)22-9-12(21)8-18-14-7-13(16)19-15(17)20-14/h2-7,10,12,21H,8-9H2,1H3,(H3,17,18,19,20)/t10-,12+/m1/s1. The molecule has 0 aliphatic heterocycles. The van der Waals surface area contributed by atoms with Crippen LogP contribution in [0.4, 0.5) is 11.8 Å². The van der Waals surface area contributed by atoms with Crippen LogP contribution in [0.1, 0.15) is 18.6 Å². The molecule has 0 bridgehead atoms. The molecule has 118 valence electrons. The number of nitrogens with two attached hydrogens (primary N) is 1. The van der Waals surface area contributed by atoms with Gasteiger partial charge >= 0.3 is 0 Å². The van der Waals surface area contributed by atoms with Crippen LogP contribution in [0.25, 0.3) is 0 Å². The van der Waals surface area contributed by atoms with Crippen molar-refractivity contribution in [3.63, 3.8) is 0 Å². The zero-order valence-corrected chi connectivity index (χ0v) is 13.0. The number of anilines is 2. The second kappa shape index (κ2) is 7.93. The zero-order valence-electron chi connectivity index (χ0n) is 12.2. The average molecular weight is 323 g/mol. The van der Waals surface area contributed by atoms with Crippen LogP contribution in [0, 0.1) is 0 Å². The lowest BCUT2D eigenvalue weighted by Gasteiger charge is -2.17. The van der Waals surface area contributed by atoms with Crippen molar-refractivity contribution in [3.05, 3.63) is 47.1 Å². The summed E-state index contributed by atoms with van der Waals surface area (Å²) in [7, 11) is 0. The first-order valence-electron chi connectivity index (χ1n) is 6.93. The molecule has 7 heteroatoms. The first-order valence-corrected chi connectivity index (χ1v) is 7.31. The fourth-order valence-corrected chi connectivity index (χ4v) is 2.07. The molecule has 22 heavy (non-hydrogen) atoms. The summed E-state index contributed by atoms with van der Waals surface area (Å²) in [5, 5.41) is 13.1. The monoisotopic (exact) mass is 322 g/mol. The average Bonchev–Trinajstić information content (AvgIpc) is 2.50. The molecule has 1 aromatic carbocycles. The summed E-state index contributed by atoms with van der Waals surface area (Å²) in [6.45, 7) is 2.42. The third-order valence-corrected chi connectivity index (χ3v) is 3.23. The summed E-state index contributed by atoms with van der Waals surface area (Å²) < 4.78 is 5.65. The lowest BCUT2D eigenvalue weighted by atomic mass is 10.1. The Morgan fingerprint density at radius 2 is 2.05 bits per heavy atom. The molecule has 0 spiro atoms. The highest BCUT2D eigenvalue weighted by Crippen LogP contribution is 2.16. The number of benzene rings is 1. The van der Waals surface area contributed by atoms with Crippen LogP contribution < -0.4 is 11.1 Å². The van der Waals surface area contributed by atoms with Crippen molar-refractivity contribution in [3.8, 4) is 0 Å². The van der Waals surface area contributed by atoms with Gasteiger partial charge in [-0.2, -0.15) is 4.98 Å². The molecule has 2 aromatic rings. The summed E-state index contributed by atoms with van der Waals surface area (Å²) in [5.41, 5.74) is 6.56. The highest BCUT2D eigenvalue weighted by atomic mass is 35.5. The quantitative estimate of drug-likeness (QED) is 0.677. The van der Waals surface area contributed by atoms with E-state index in [1.807, 2.05) is 37.3 Å². The summed E-state index contributed by atoms with van der Waals surface area (Å²) >= 11 is 5.78. The van der Waals surface area contributed by atoms with Gasteiger partial charge in [0.25, 0.3) is 0 Å². The molecular weight excluding hydrogens is 304 g/mol. The number of aliphatic hydroxyl groups excluding tert-OH is 1. The van der Waals surface area contributed by atoms with Crippen LogP contribution in [0.5, 0.6) is 0 Å². The molecule has 4 N–H and O–H groups in total. The molecule has 6 nitrogen and oxygen atoms in total. The molecule has 0 aliphatic carbocycles. The largest absolute Gasteiger partial charge is 0.389 e. The molecule has 0 unspecified atom stereocenters. The van der Waals surface area contributed by atoms with Crippen molar-refractivity contribution >= 4 is 23.4 Å². The van der Waals surface area contributed by atoms with E-state index in [2.05, 4.69) is 15.3 Å². The zero-order chi connectivity index (χ0) is 15.9. The summed E-state index contributed by atoms with van der Waals surface area (Å²) in [6.07, 6.45) is -0.763. The maximum absolute atomic E-state index is 9.95. The SMILES string of the molecule is C[C@@H](OC[C@@H](O)CNc1cc(Cl)nc(N)n1)c1ccccc1. The van der Waals surface area contributed by atoms with Gasteiger partial charge in [-0.3, -0.25) is 0 Å². The number of hydrogen-bond acceptors (Lipinski definition) is 6. The number of ether oxygens (including phenoxy) is 1. The Hall–Kier alpha value is -1.89. The second-order valence-corrected chi connectivity index (χ2v) is 5.24. The van der Waals surface area contributed by atoms with E-state index in [9.17, 15) is 5.11 Å². The van der Waals surface area contributed by atoms with Gasteiger partial charge in [-0.05, 0) is 12.5 Å². The molecule has 0 saturated carbocycles. The van der Waals surface area contributed by atoms with Gasteiger partial charge in [0, 0.05) is 12.6 Å². The molecule has 2 atom stereocenters. The van der Waals surface area contributed by atoms with Crippen LogP contribution >= 0.6 is 11.6 Å². The third kappa shape index (κ3) is 5.14. The number of hydrogen-bond donors (Lipinski definition) is 3. The van der Waals surface area contributed by atoms with Gasteiger partial charge in [0.15, 0.2) is 0 Å². The molecule has 0 radical (unpaired) electrons. The number of halogens is 1. The van der Waals surface area contributed by atoms with E-state index in [1.54, 1.807) is 0 Å². The van der Waals surface area contributed by atoms with Gasteiger partial charge in [0.2, 0.25) is 5.95 Å². The van der Waals surface area contributed by atoms with Gasteiger partial charge in [-0.25, -0.2) is 4.98 Å². The van der Waals surface area contributed by atoms with E-state index >= 15 is 0 Å². The number of nitrogens with one attached hydrogen (secondary N) is 1. The molecule has 0 amide bonds. The Balaban J connectivity index is 1.77. The number of aliphatic hydroxyl groups is 1. The first-order chi connectivity index (χ1) is 10.5. The first kappa shape index (κ1) is 16.5. The number of nitrogens with zero attached hydrogens (tertiary/aromatic N) is 2. The van der Waals surface area contributed by atoms with E-state index < -0.39 is 6.10 Å². The molecule has 0 fully saturated rings. The molecule has 1 aromatic heterocycles. The molecule has 0 saturated heterocycles. The van der Waals surface area contributed by atoms with Crippen LogP contribution in [0.3, 0.4) is 0 Å². The number of aromatic nitrogens is 2.